The van der Waals surface area contributed by atoms with Crippen molar-refractivity contribution >= 4 is 5.69 Å². The molecule has 0 aromatic carbocycles. The largest absolute Gasteiger partial charge is 0.350 e. The Morgan fingerprint density at radius 2 is 2.11 bits per heavy atom. The van der Waals surface area contributed by atoms with Crippen LogP contribution in [0.5, 0.6) is 0 Å². The van der Waals surface area contributed by atoms with Crippen molar-refractivity contribution in [2.24, 2.45) is 7.05 Å². The van der Waals surface area contributed by atoms with Crippen LogP contribution in [0, 0.1) is 17.0 Å². The predicted molar refractivity (Wildman–Crippen MR) is 62.8 cm³/mol. The van der Waals surface area contributed by atoms with Crippen LogP contribution < -0.4 is 11.2 Å². The van der Waals surface area contributed by atoms with Gasteiger partial charge in [0.25, 0.3) is 0 Å². The summed E-state index contributed by atoms with van der Waals surface area (Å²) in [6.07, 6.45) is 0.894. The van der Waals surface area contributed by atoms with Crippen LogP contribution in [0.3, 0.4) is 0 Å². The minimum absolute atomic E-state index is 0.0200. The van der Waals surface area contributed by atoms with E-state index in [2.05, 4.69) is 10.2 Å². The highest BCUT2D eigenvalue weighted by atomic mass is 16.6. The van der Waals surface area contributed by atoms with Gasteiger partial charge in [-0.1, -0.05) is 0 Å². The fraction of sp³-hybridized carbons (Fsp3) is 0.333. The first-order valence-corrected chi connectivity index (χ1v) is 5.23. The number of nitrogens with one attached hydrogen (secondary N) is 1. The van der Waals surface area contributed by atoms with E-state index in [0.29, 0.717) is 11.6 Å². The second-order valence-corrected chi connectivity index (χ2v) is 3.88. The Labute approximate surface area is 105 Å². The lowest BCUT2D eigenvalue weighted by atomic mass is 10.5. The second kappa shape index (κ2) is 4.48. The summed E-state index contributed by atoms with van der Waals surface area (Å²) in [6.45, 7) is 1.71. The maximum absolute atomic E-state index is 11.6. The topological polar surface area (TPSA) is 129 Å². The van der Waals surface area contributed by atoms with Gasteiger partial charge in [-0.2, -0.15) is 0 Å². The second-order valence-electron chi connectivity index (χ2n) is 3.88. The Balaban J connectivity index is 2.49. The summed E-state index contributed by atoms with van der Waals surface area (Å²) in [7, 11) is 1.70. The zero-order valence-electron chi connectivity index (χ0n) is 10.2. The van der Waals surface area contributed by atoms with Crippen LogP contribution in [0.1, 0.15) is 11.6 Å². The standard InChI is InChI=1S/C9H10N6O4/c1-5-11-12-7(13(5)2)4-14-3-6(15(18)19)8(16)10-9(14)17/h3H,4H2,1-2H3,(H,10,16,17). The number of hydrogen-bond donors (Lipinski definition) is 1. The Morgan fingerprint density at radius 1 is 1.42 bits per heavy atom. The molecule has 0 saturated carbocycles. The average Bonchev–Trinajstić information content (AvgIpc) is 2.64. The van der Waals surface area contributed by atoms with E-state index >= 15 is 0 Å². The molecular formula is C9H10N6O4. The van der Waals surface area contributed by atoms with Crippen LogP contribution in [0.15, 0.2) is 15.8 Å². The van der Waals surface area contributed by atoms with Gasteiger partial charge in [0.1, 0.15) is 5.82 Å². The lowest BCUT2D eigenvalue weighted by Crippen LogP contribution is -2.31. The third-order valence-corrected chi connectivity index (χ3v) is 2.68. The molecule has 0 unspecified atom stereocenters. The molecule has 10 nitrogen and oxygen atoms in total. The van der Waals surface area contributed by atoms with Crippen LogP contribution >= 0.6 is 0 Å². The van der Waals surface area contributed by atoms with Crippen molar-refractivity contribution in [3.63, 3.8) is 0 Å². The fourth-order valence-electron chi connectivity index (χ4n) is 1.49. The van der Waals surface area contributed by atoms with Crippen molar-refractivity contribution in [3.8, 4) is 0 Å². The molecule has 0 radical (unpaired) electrons. The van der Waals surface area contributed by atoms with Crippen molar-refractivity contribution in [1.29, 1.82) is 0 Å². The molecule has 0 aliphatic carbocycles. The molecule has 2 rings (SSSR count). The highest BCUT2D eigenvalue weighted by molar-refractivity contribution is 5.21. The molecule has 0 spiro atoms. The predicted octanol–water partition coefficient (Wildman–Crippen LogP) is -1.07. The molecule has 0 amide bonds. The summed E-state index contributed by atoms with van der Waals surface area (Å²) in [5, 5.41) is 18.3. The number of aromatic amines is 1. The van der Waals surface area contributed by atoms with E-state index in [1.165, 1.54) is 0 Å². The quantitative estimate of drug-likeness (QED) is 0.556. The third-order valence-electron chi connectivity index (χ3n) is 2.68. The maximum atomic E-state index is 11.6. The van der Waals surface area contributed by atoms with E-state index in [1.54, 1.807) is 18.5 Å². The first kappa shape index (κ1) is 12.7. The fourth-order valence-corrected chi connectivity index (χ4v) is 1.49. The van der Waals surface area contributed by atoms with Gasteiger partial charge in [0.05, 0.1) is 17.7 Å². The summed E-state index contributed by atoms with van der Waals surface area (Å²) < 4.78 is 2.65. The monoisotopic (exact) mass is 266 g/mol. The van der Waals surface area contributed by atoms with E-state index < -0.39 is 21.9 Å². The van der Waals surface area contributed by atoms with Crippen molar-refractivity contribution in [2.45, 2.75) is 13.5 Å². The smallest absolute Gasteiger partial charge is 0.317 e. The van der Waals surface area contributed by atoms with E-state index in [9.17, 15) is 19.7 Å². The minimum atomic E-state index is -1.03. The maximum Gasteiger partial charge on any atom is 0.350 e. The van der Waals surface area contributed by atoms with Crippen molar-refractivity contribution in [1.82, 2.24) is 24.3 Å². The van der Waals surface area contributed by atoms with Gasteiger partial charge in [0.2, 0.25) is 0 Å². The molecule has 2 heterocycles. The van der Waals surface area contributed by atoms with Gasteiger partial charge in [-0.05, 0) is 6.92 Å². The number of hydrogen-bond acceptors (Lipinski definition) is 6. The number of H-pyrrole nitrogens is 1. The lowest BCUT2D eigenvalue weighted by Gasteiger charge is -2.04. The molecule has 19 heavy (non-hydrogen) atoms. The summed E-state index contributed by atoms with van der Waals surface area (Å²) in [5.41, 5.74) is -2.46. The van der Waals surface area contributed by atoms with Gasteiger partial charge in [-0.3, -0.25) is 24.5 Å². The van der Waals surface area contributed by atoms with Crippen LogP contribution in [0.2, 0.25) is 0 Å². The van der Waals surface area contributed by atoms with Gasteiger partial charge in [-0.15, -0.1) is 10.2 Å². The molecule has 100 valence electrons. The molecule has 2 aromatic heterocycles. The molecular weight excluding hydrogens is 256 g/mol. The van der Waals surface area contributed by atoms with Gasteiger partial charge in [0.15, 0.2) is 5.82 Å². The molecule has 0 saturated heterocycles. The molecule has 0 bridgehead atoms. The Morgan fingerprint density at radius 3 is 2.63 bits per heavy atom. The highest BCUT2D eigenvalue weighted by Crippen LogP contribution is 2.02. The van der Waals surface area contributed by atoms with Gasteiger partial charge < -0.3 is 4.57 Å². The molecule has 0 fully saturated rings. The summed E-state index contributed by atoms with van der Waals surface area (Å²) in [6, 6.07) is 0. The van der Waals surface area contributed by atoms with Crippen LogP contribution in [0.4, 0.5) is 5.69 Å². The first-order valence-electron chi connectivity index (χ1n) is 5.23. The summed E-state index contributed by atoms with van der Waals surface area (Å²) in [4.78, 5) is 34.5. The molecule has 1 N–H and O–H groups in total. The number of aryl methyl sites for hydroxylation is 1. The van der Waals surface area contributed by atoms with Gasteiger partial charge in [0, 0.05) is 7.05 Å². The number of rotatable bonds is 3. The van der Waals surface area contributed by atoms with Crippen molar-refractivity contribution in [3.05, 3.63) is 48.8 Å². The van der Waals surface area contributed by atoms with Gasteiger partial charge in [-0.25, -0.2) is 4.79 Å². The van der Waals surface area contributed by atoms with Crippen molar-refractivity contribution < 1.29 is 4.92 Å². The zero-order valence-corrected chi connectivity index (χ0v) is 10.2. The van der Waals surface area contributed by atoms with E-state index in [-0.39, 0.29) is 6.54 Å². The Hall–Kier alpha value is -2.78. The summed E-state index contributed by atoms with van der Waals surface area (Å²) in [5.74, 6) is 1.09. The molecule has 2 aromatic rings. The normalized spacial score (nSPS) is 10.6. The number of nitro groups is 1. The zero-order chi connectivity index (χ0) is 14.2. The van der Waals surface area contributed by atoms with Crippen LogP contribution in [-0.4, -0.2) is 29.2 Å². The number of aromatic nitrogens is 5. The SMILES string of the molecule is Cc1nnc(Cn2cc([N+](=O)[O-])c(=O)[nH]c2=O)n1C. The average molecular weight is 266 g/mol. The van der Waals surface area contributed by atoms with Crippen LogP contribution in [0.25, 0.3) is 0 Å². The summed E-state index contributed by atoms with van der Waals surface area (Å²) >= 11 is 0. The van der Waals surface area contributed by atoms with E-state index in [1.807, 2.05) is 4.98 Å². The molecule has 0 atom stereocenters. The van der Waals surface area contributed by atoms with E-state index in [0.717, 1.165) is 10.8 Å². The molecule has 10 heteroatoms. The van der Waals surface area contributed by atoms with E-state index in [4.69, 9.17) is 0 Å². The molecule has 0 aliphatic rings. The van der Waals surface area contributed by atoms with Gasteiger partial charge >= 0.3 is 16.9 Å². The van der Waals surface area contributed by atoms with Crippen molar-refractivity contribution in [2.75, 3.05) is 0 Å². The Bertz CT molecular complexity index is 755. The molecule has 0 aliphatic heterocycles. The first-order chi connectivity index (χ1) is 8.90. The highest BCUT2D eigenvalue weighted by Gasteiger charge is 2.16. The Kier molecular flexibility index (Phi) is 2.99. The number of nitrogens with zero attached hydrogens (tertiary/aromatic N) is 5. The van der Waals surface area contributed by atoms with Crippen LogP contribution in [-0.2, 0) is 13.6 Å². The minimum Gasteiger partial charge on any atom is -0.317 e. The lowest BCUT2D eigenvalue weighted by molar-refractivity contribution is -0.386. The third kappa shape index (κ3) is 2.27.